The maximum absolute atomic E-state index is 12.1. The van der Waals surface area contributed by atoms with Crippen LogP contribution in [-0.2, 0) is 6.54 Å². The van der Waals surface area contributed by atoms with Crippen LogP contribution in [0.1, 0.15) is 16.1 Å². The summed E-state index contributed by atoms with van der Waals surface area (Å²) in [5.74, 6) is -0.201. The van der Waals surface area contributed by atoms with Crippen LogP contribution in [0.2, 0.25) is 5.02 Å². The van der Waals surface area contributed by atoms with Crippen LogP contribution in [0.5, 0.6) is 0 Å². The van der Waals surface area contributed by atoms with Gasteiger partial charge in [0.15, 0.2) is 0 Å². The third-order valence-electron chi connectivity index (χ3n) is 2.98. The molecule has 2 heterocycles. The number of benzene rings is 1. The summed E-state index contributed by atoms with van der Waals surface area (Å²) in [6, 6.07) is 11.2. The molecule has 0 aliphatic heterocycles. The molecule has 0 atom stereocenters. The van der Waals surface area contributed by atoms with E-state index >= 15 is 0 Å². The normalized spacial score (nSPS) is 10.4. The van der Waals surface area contributed by atoms with Crippen LogP contribution in [0.25, 0.3) is 10.6 Å². The first-order chi connectivity index (χ1) is 10.7. The molecule has 1 aromatic carbocycles. The smallest absolute Gasteiger partial charge is 0.271 e. The van der Waals surface area contributed by atoms with E-state index in [-0.39, 0.29) is 5.91 Å². The van der Waals surface area contributed by atoms with Gasteiger partial charge in [-0.25, -0.2) is 4.98 Å². The number of carbonyl (C=O) groups excluding carboxylic acids is 1. The molecule has 0 aliphatic rings. The second kappa shape index (κ2) is 6.68. The summed E-state index contributed by atoms with van der Waals surface area (Å²) in [5.41, 5.74) is 2.26. The van der Waals surface area contributed by atoms with Crippen molar-refractivity contribution in [1.29, 1.82) is 0 Å². The number of nitrogens with zero attached hydrogens (tertiary/aromatic N) is 2. The third-order valence-corrected chi connectivity index (χ3v) is 4.11. The molecule has 0 unspecified atom stereocenters. The number of halogens is 1. The van der Waals surface area contributed by atoms with Crippen molar-refractivity contribution in [3.63, 3.8) is 0 Å². The minimum atomic E-state index is -0.201. The molecule has 0 fully saturated rings. The zero-order chi connectivity index (χ0) is 15.4. The highest BCUT2D eigenvalue weighted by molar-refractivity contribution is 7.13. The number of carbonyl (C=O) groups is 1. The first kappa shape index (κ1) is 14.7. The number of amides is 1. The van der Waals surface area contributed by atoms with Crippen molar-refractivity contribution in [1.82, 2.24) is 15.3 Å². The fourth-order valence-corrected chi connectivity index (χ4v) is 2.90. The Morgan fingerprint density at radius 2 is 2.18 bits per heavy atom. The highest BCUT2D eigenvalue weighted by atomic mass is 35.5. The van der Waals surface area contributed by atoms with Crippen molar-refractivity contribution in [2.45, 2.75) is 6.54 Å². The molecule has 0 saturated heterocycles. The summed E-state index contributed by atoms with van der Waals surface area (Å²) in [6.45, 7) is 0.427. The van der Waals surface area contributed by atoms with E-state index < -0.39 is 0 Å². The second-order valence-electron chi connectivity index (χ2n) is 4.59. The molecule has 4 nitrogen and oxygen atoms in total. The Hall–Kier alpha value is -2.24. The topological polar surface area (TPSA) is 54.9 Å². The molecule has 0 radical (unpaired) electrons. The largest absolute Gasteiger partial charge is 0.347 e. The van der Waals surface area contributed by atoms with Gasteiger partial charge in [0, 0.05) is 34.9 Å². The molecule has 22 heavy (non-hydrogen) atoms. The van der Waals surface area contributed by atoms with Gasteiger partial charge in [-0.3, -0.25) is 9.78 Å². The van der Waals surface area contributed by atoms with Crippen molar-refractivity contribution in [3.05, 3.63) is 70.5 Å². The van der Waals surface area contributed by atoms with E-state index in [1.807, 2.05) is 30.3 Å². The molecular formula is C16H12ClN3OS. The minimum Gasteiger partial charge on any atom is -0.347 e. The lowest BCUT2D eigenvalue weighted by atomic mass is 10.2. The van der Waals surface area contributed by atoms with Gasteiger partial charge in [-0.15, -0.1) is 11.3 Å². The molecule has 1 amide bonds. The zero-order valence-corrected chi connectivity index (χ0v) is 13.1. The average Bonchev–Trinajstić information content (AvgIpc) is 3.04. The Morgan fingerprint density at radius 3 is 2.95 bits per heavy atom. The SMILES string of the molecule is O=C(NCc1cccnc1)c1csc(-c2cccc(Cl)c2)n1. The van der Waals surface area contributed by atoms with Gasteiger partial charge in [0.25, 0.3) is 5.91 Å². The van der Waals surface area contributed by atoms with Gasteiger partial charge in [0.05, 0.1) is 0 Å². The van der Waals surface area contributed by atoms with Gasteiger partial charge in [-0.05, 0) is 23.8 Å². The number of aromatic nitrogens is 2. The molecule has 2 aromatic heterocycles. The second-order valence-corrected chi connectivity index (χ2v) is 5.89. The van der Waals surface area contributed by atoms with Gasteiger partial charge in [0.2, 0.25) is 0 Å². The Kier molecular flexibility index (Phi) is 4.46. The maximum atomic E-state index is 12.1. The number of rotatable bonds is 4. The van der Waals surface area contributed by atoms with E-state index in [9.17, 15) is 4.79 Å². The van der Waals surface area contributed by atoms with Gasteiger partial charge >= 0.3 is 0 Å². The van der Waals surface area contributed by atoms with Crippen LogP contribution < -0.4 is 5.32 Å². The molecule has 0 saturated carbocycles. The van der Waals surface area contributed by atoms with E-state index in [4.69, 9.17) is 11.6 Å². The lowest BCUT2D eigenvalue weighted by molar-refractivity contribution is 0.0946. The van der Waals surface area contributed by atoms with Crippen LogP contribution in [-0.4, -0.2) is 15.9 Å². The van der Waals surface area contributed by atoms with Crippen LogP contribution in [0.3, 0.4) is 0 Å². The summed E-state index contributed by atoms with van der Waals surface area (Å²) >= 11 is 7.39. The first-order valence-corrected chi connectivity index (χ1v) is 7.87. The summed E-state index contributed by atoms with van der Waals surface area (Å²) in [4.78, 5) is 20.5. The van der Waals surface area contributed by atoms with Crippen molar-refractivity contribution < 1.29 is 4.79 Å². The van der Waals surface area contributed by atoms with Crippen LogP contribution in [0.15, 0.2) is 54.2 Å². The molecule has 0 spiro atoms. The predicted octanol–water partition coefficient (Wildman–Crippen LogP) is 3.79. The van der Waals surface area contributed by atoms with Crippen LogP contribution in [0.4, 0.5) is 0 Å². The zero-order valence-electron chi connectivity index (χ0n) is 11.5. The Morgan fingerprint density at radius 1 is 1.27 bits per heavy atom. The predicted molar refractivity (Wildman–Crippen MR) is 88.0 cm³/mol. The fraction of sp³-hybridized carbons (Fsp3) is 0.0625. The van der Waals surface area contributed by atoms with Gasteiger partial charge in [-0.1, -0.05) is 29.8 Å². The molecule has 110 valence electrons. The van der Waals surface area contributed by atoms with Crippen molar-refractivity contribution >= 4 is 28.8 Å². The van der Waals surface area contributed by atoms with Crippen molar-refractivity contribution in [2.24, 2.45) is 0 Å². The van der Waals surface area contributed by atoms with E-state index in [1.165, 1.54) is 11.3 Å². The minimum absolute atomic E-state index is 0.201. The highest BCUT2D eigenvalue weighted by Crippen LogP contribution is 2.25. The summed E-state index contributed by atoms with van der Waals surface area (Å²) in [5, 5.41) is 6.00. The van der Waals surface area contributed by atoms with Crippen LogP contribution >= 0.6 is 22.9 Å². The Balaban J connectivity index is 1.69. The lowest BCUT2D eigenvalue weighted by Gasteiger charge is -2.02. The lowest BCUT2D eigenvalue weighted by Crippen LogP contribution is -2.23. The van der Waals surface area contributed by atoms with Gasteiger partial charge in [-0.2, -0.15) is 0 Å². The number of pyridine rings is 1. The van der Waals surface area contributed by atoms with E-state index in [0.717, 1.165) is 16.1 Å². The first-order valence-electron chi connectivity index (χ1n) is 6.61. The number of nitrogens with one attached hydrogen (secondary N) is 1. The molecule has 0 aliphatic carbocycles. The van der Waals surface area contributed by atoms with E-state index in [2.05, 4.69) is 15.3 Å². The van der Waals surface area contributed by atoms with E-state index in [0.29, 0.717) is 17.3 Å². The summed E-state index contributed by atoms with van der Waals surface area (Å²) in [6.07, 6.45) is 3.42. The molecular weight excluding hydrogens is 318 g/mol. The summed E-state index contributed by atoms with van der Waals surface area (Å²) in [7, 11) is 0. The van der Waals surface area contributed by atoms with Crippen LogP contribution in [0, 0.1) is 0 Å². The maximum Gasteiger partial charge on any atom is 0.271 e. The molecule has 3 aromatic rings. The summed E-state index contributed by atoms with van der Waals surface area (Å²) < 4.78 is 0. The average molecular weight is 330 g/mol. The molecule has 6 heteroatoms. The standard InChI is InChI=1S/C16H12ClN3OS/c17-13-5-1-4-12(7-13)16-20-14(10-22-16)15(21)19-9-11-3-2-6-18-8-11/h1-8,10H,9H2,(H,19,21). The van der Waals surface area contributed by atoms with Gasteiger partial charge in [0.1, 0.15) is 10.7 Å². The quantitative estimate of drug-likeness (QED) is 0.792. The highest BCUT2D eigenvalue weighted by Gasteiger charge is 2.11. The fourth-order valence-electron chi connectivity index (χ4n) is 1.91. The molecule has 3 rings (SSSR count). The van der Waals surface area contributed by atoms with Crippen molar-refractivity contribution in [2.75, 3.05) is 0 Å². The number of hydrogen-bond donors (Lipinski definition) is 1. The number of thiazole rings is 1. The Bertz CT molecular complexity index is 789. The third kappa shape index (κ3) is 3.50. The monoisotopic (exact) mass is 329 g/mol. The van der Waals surface area contributed by atoms with Gasteiger partial charge < -0.3 is 5.32 Å². The number of hydrogen-bond acceptors (Lipinski definition) is 4. The van der Waals surface area contributed by atoms with Crippen molar-refractivity contribution in [3.8, 4) is 10.6 Å². The molecule has 0 bridgehead atoms. The molecule has 1 N–H and O–H groups in total. The Labute approximate surface area is 136 Å². The van der Waals surface area contributed by atoms with E-state index in [1.54, 1.807) is 23.8 Å².